The second-order valence-electron chi connectivity index (χ2n) is 5.22. The van der Waals surface area contributed by atoms with E-state index in [0.29, 0.717) is 29.3 Å². The maximum atomic E-state index is 12.7. The van der Waals surface area contributed by atoms with Crippen LogP contribution in [0.3, 0.4) is 0 Å². The second kappa shape index (κ2) is 5.54. The molecule has 106 valence electrons. The van der Waals surface area contributed by atoms with Gasteiger partial charge in [-0.1, -0.05) is 12.1 Å². The van der Waals surface area contributed by atoms with Crippen LogP contribution in [0.25, 0.3) is 10.9 Å². The first-order chi connectivity index (χ1) is 9.72. The van der Waals surface area contributed by atoms with Crippen LogP contribution in [0.4, 0.5) is 0 Å². The third kappa shape index (κ3) is 2.23. The minimum atomic E-state index is -0.00866. The number of fused-ring (bicyclic) bond motifs is 1. The van der Waals surface area contributed by atoms with Gasteiger partial charge in [-0.3, -0.25) is 9.36 Å². The zero-order valence-corrected chi connectivity index (χ0v) is 12.1. The summed E-state index contributed by atoms with van der Waals surface area (Å²) in [5.74, 6) is 1.21. The summed E-state index contributed by atoms with van der Waals surface area (Å²) in [5, 5.41) is 0.645. The molecule has 1 fully saturated rings. The van der Waals surface area contributed by atoms with Crippen molar-refractivity contribution >= 4 is 22.5 Å². The third-order valence-corrected chi connectivity index (χ3v) is 4.29. The van der Waals surface area contributed by atoms with Crippen molar-refractivity contribution in [1.82, 2.24) is 9.55 Å². The first kappa shape index (κ1) is 13.6. The lowest BCUT2D eigenvalue weighted by Crippen LogP contribution is -2.31. The molecular weight excluding hydrogens is 276 g/mol. The topological polar surface area (TPSA) is 44.1 Å². The Bertz CT molecular complexity index is 677. The second-order valence-corrected chi connectivity index (χ2v) is 5.49. The average Bonchev–Trinajstić information content (AvgIpc) is 3.00. The standard InChI is InChI=1S/C15H17ClN2O2/c1-10(11-6-7-20-9-11)18-14(8-16)17-13-5-3-2-4-12(13)15(18)19/h2-5,10-11H,6-9H2,1H3. The predicted octanol–water partition coefficient (Wildman–Crippen LogP) is 2.73. The molecule has 0 saturated carbocycles. The van der Waals surface area contributed by atoms with Gasteiger partial charge in [-0.25, -0.2) is 4.98 Å². The van der Waals surface area contributed by atoms with Gasteiger partial charge in [-0.2, -0.15) is 0 Å². The van der Waals surface area contributed by atoms with Crippen molar-refractivity contribution in [2.45, 2.75) is 25.3 Å². The molecule has 1 aromatic carbocycles. The summed E-state index contributed by atoms with van der Waals surface area (Å²) in [6, 6.07) is 7.46. The van der Waals surface area contributed by atoms with Crippen molar-refractivity contribution in [2.75, 3.05) is 13.2 Å². The highest BCUT2D eigenvalue weighted by molar-refractivity contribution is 6.16. The molecule has 3 rings (SSSR count). The fraction of sp³-hybridized carbons (Fsp3) is 0.467. The molecule has 2 atom stereocenters. The highest BCUT2D eigenvalue weighted by atomic mass is 35.5. The van der Waals surface area contributed by atoms with Gasteiger partial charge in [0.25, 0.3) is 5.56 Å². The summed E-state index contributed by atoms with van der Waals surface area (Å²) in [4.78, 5) is 17.3. The van der Waals surface area contributed by atoms with Crippen molar-refractivity contribution < 1.29 is 4.74 Å². The fourth-order valence-corrected chi connectivity index (χ4v) is 3.04. The van der Waals surface area contributed by atoms with E-state index in [1.807, 2.05) is 31.2 Å². The van der Waals surface area contributed by atoms with Crippen LogP contribution in [-0.4, -0.2) is 22.8 Å². The smallest absolute Gasteiger partial charge is 0.261 e. The van der Waals surface area contributed by atoms with E-state index in [1.165, 1.54) is 0 Å². The molecule has 2 unspecified atom stereocenters. The van der Waals surface area contributed by atoms with E-state index in [4.69, 9.17) is 16.3 Å². The van der Waals surface area contributed by atoms with Crippen LogP contribution in [0.1, 0.15) is 25.2 Å². The van der Waals surface area contributed by atoms with E-state index in [-0.39, 0.29) is 17.5 Å². The molecule has 1 aliphatic rings. The number of hydrogen-bond acceptors (Lipinski definition) is 3. The molecule has 0 radical (unpaired) electrons. The Labute approximate surface area is 122 Å². The van der Waals surface area contributed by atoms with Crippen LogP contribution in [0.5, 0.6) is 0 Å². The minimum absolute atomic E-state index is 0.00866. The average molecular weight is 293 g/mol. The summed E-state index contributed by atoms with van der Waals surface area (Å²) >= 11 is 6.00. The van der Waals surface area contributed by atoms with Crippen molar-refractivity contribution in [3.05, 3.63) is 40.4 Å². The lowest BCUT2D eigenvalue weighted by atomic mass is 10.00. The van der Waals surface area contributed by atoms with E-state index >= 15 is 0 Å². The maximum Gasteiger partial charge on any atom is 0.261 e. The quantitative estimate of drug-likeness (QED) is 0.817. The molecular formula is C15H17ClN2O2. The summed E-state index contributed by atoms with van der Waals surface area (Å²) in [6.07, 6.45) is 0.974. The molecule has 0 amide bonds. The molecule has 4 nitrogen and oxygen atoms in total. The zero-order valence-electron chi connectivity index (χ0n) is 11.4. The Balaban J connectivity index is 2.17. The number of aromatic nitrogens is 2. The van der Waals surface area contributed by atoms with E-state index in [1.54, 1.807) is 4.57 Å². The largest absolute Gasteiger partial charge is 0.381 e. The first-order valence-electron chi connectivity index (χ1n) is 6.86. The van der Waals surface area contributed by atoms with Gasteiger partial charge in [0.15, 0.2) is 0 Å². The van der Waals surface area contributed by atoms with Crippen LogP contribution in [0.2, 0.25) is 0 Å². The number of benzene rings is 1. The summed E-state index contributed by atoms with van der Waals surface area (Å²) in [7, 11) is 0. The number of ether oxygens (including phenoxy) is 1. The Morgan fingerprint density at radius 3 is 3.00 bits per heavy atom. The predicted molar refractivity (Wildman–Crippen MR) is 79.2 cm³/mol. The first-order valence-corrected chi connectivity index (χ1v) is 7.39. The van der Waals surface area contributed by atoms with Gasteiger partial charge < -0.3 is 4.74 Å². The molecule has 0 aliphatic carbocycles. The molecule has 0 N–H and O–H groups in total. The molecule has 0 bridgehead atoms. The summed E-state index contributed by atoms with van der Waals surface area (Å²) in [5.41, 5.74) is 0.699. The fourth-order valence-electron chi connectivity index (χ4n) is 2.85. The number of nitrogens with zero attached hydrogens (tertiary/aromatic N) is 2. The lowest BCUT2D eigenvalue weighted by molar-refractivity contribution is 0.174. The van der Waals surface area contributed by atoms with Gasteiger partial charge in [0.1, 0.15) is 5.82 Å². The molecule has 1 saturated heterocycles. The van der Waals surface area contributed by atoms with Gasteiger partial charge in [0.2, 0.25) is 0 Å². The van der Waals surface area contributed by atoms with Gasteiger partial charge in [-0.05, 0) is 25.5 Å². The Morgan fingerprint density at radius 2 is 2.30 bits per heavy atom. The molecule has 1 aromatic heterocycles. The SMILES string of the molecule is CC(C1CCOC1)n1c(CCl)nc2ccccc2c1=O. The number of alkyl halides is 1. The molecule has 5 heteroatoms. The van der Waals surface area contributed by atoms with Crippen LogP contribution in [0.15, 0.2) is 29.1 Å². The van der Waals surface area contributed by atoms with Crippen LogP contribution in [0, 0.1) is 5.92 Å². The number of rotatable bonds is 3. The van der Waals surface area contributed by atoms with Crippen molar-refractivity contribution in [2.24, 2.45) is 5.92 Å². The summed E-state index contributed by atoms with van der Waals surface area (Å²) in [6.45, 7) is 3.51. The highest BCUT2D eigenvalue weighted by Crippen LogP contribution is 2.26. The normalized spacial score (nSPS) is 20.4. The third-order valence-electron chi connectivity index (χ3n) is 4.05. The summed E-state index contributed by atoms with van der Waals surface area (Å²) < 4.78 is 7.18. The maximum absolute atomic E-state index is 12.7. The Kier molecular flexibility index (Phi) is 3.76. The number of para-hydroxylation sites is 1. The van der Waals surface area contributed by atoms with Gasteiger partial charge in [-0.15, -0.1) is 11.6 Å². The molecule has 2 heterocycles. The lowest BCUT2D eigenvalue weighted by Gasteiger charge is -2.23. The highest BCUT2D eigenvalue weighted by Gasteiger charge is 2.26. The van der Waals surface area contributed by atoms with Gasteiger partial charge >= 0.3 is 0 Å². The molecule has 1 aliphatic heterocycles. The van der Waals surface area contributed by atoms with Crippen LogP contribution in [-0.2, 0) is 10.6 Å². The number of halogens is 1. The van der Waals surface area contributed by atoms with Gasteiger partial charge in [0, 0.05) is 18.6 Å². The van der Waals surface area contributed by atoms with Gasteiger partial charge in [0.05, 0.1) is 23.4 Å². The van der Waals surface area contributed by atoms with Crippen LogP contribution < -0.4 is 5.56 Å². The minimum Gasteiger partial charge on any atom is -0.381 e. The zero-order chi connectivity index (χ0) is 14.1. The van der Waals surface area contributed by atoms with E-state index in [9.17, 15) is 4.79 Å². The van der Waals surface area contributed by atoms with Crippen molar-refractivity contribution in [3.8, 4) is 0 Å². The van der Waals surface area contributed by atoms with E-state index in [0.717, 1.165) is 13.0 Å². The van der Waals surface area contributed by atoms with E-state index in [2.05, 4.69) is 4.98 Å². The van der Waals surface area contributed by atoms with Crippen molar-refractivity contribution in [3.63, 3.8) is 0 Å². The molecule has 2 aromatic rings. The van der Waals surface area contributed by atoms with E-state index < -0.39 is 0 Å². The molecule has 0 spiro atoms. The Hall–Kier alpha value is -1.39. The van der Waals surface area contributed by atoms with Crippen molar-refractivity contribution in [1.29, 1.82) is 0 Å². The monoisotopic (exact) mass is 292 g/mol. The number of hydrogen-bond donors (Lipinski definition) is 0. The van der Waals surface area contributed by atoms with Crippen LogP contribution >= 0.6 is 11.6 Å². The Morgan fingerprint density at radius 1 is 1.50 bits per heavy atom. The molecule has 20 heavy (non-hydrogen) atoms.